The van der Waals surface area contributed by atoms with Gasteiger partial charge in [-0.2, -0.15) is 5.06 Å². The lowest BCUT2D eigenvalue weighted by atomic mass is 9.49. The van der Waals surface area contributed by atoms with E-state index in [1.54, 1.807) is 30.3 Å². The van der Waals surface area contributed by atoms with E-state index in [1.807, 2.05) is 36.4 Å². The lowest BCUT2D eigenvalue weighted by Gasteiger charge is -2.50. The summed E-state index contributed by atoms with van der Waals surface area (Å²) >= 11 is 6.31. The van der Waals surface area contributed by atoms with Gasteiger partial charge in [0.2, 0.25) is 11.8 Å². The van der Waals surface area contributed by atoms with Crippen molar-refractivity contribution in [1.29, 1.82) is 0 Å². The third-order valence-electron chi connectivity index (χ3n) is 9.67. The first-order chi connectivity index (χ1) is 20.7. The molecule has 218 valence electrons. The minimum atomic E-state index is -1.47. The van der Waals surface area contributed by atoms with E-state index in [-0.39, 0.29) is 23.7 Å². The number of ether oxygens (including phenoxy) is 1. The number of methoxy groups -OCH3 is 1. The molecule has 9 nitrogen and oxygen atoms in total. The molecular formula is C33H27ClN2O7. The number of carbonyl (C=O) groups is 4. The highest BCUT2D eigenvalue weighted by molar-refractivity contribution is 6.32. The summed E-state index contributed by atoms with van der Waals surface area (Å²) in [5.41, 5.74) is 0.741. The van der Waals surface area contributed by atoms with Crippen LogP contribution in [0.15, 0.2) is 84.4 Å². The van der Waals surface area contributed by atoms with Gasteiger partial charge >= 0.3 is 0 Å². The van der Waals surface area contributed by atoms with E-state index in [9.17, 15) is 24.7 Å². The molecule has 2 saturated heterocycles. The van der Waals surface area contributed by atoms with Gasteiger partial charge in [-0.25, -0.2) is 4.90 Å². The van der Waals surface area contributed by atoms with Crippen molar-refractivity contribution in [2.75, 3.05) is 12.0 Å². The largest absolute Gasteiger partial charge is 0.508 e. The number of phenols is 1. The van der Waals surface area contributed by atoms with Crippen molar-refractivity contribution >= 4 is 40.9 Å². The zero-order valence-corrected chi connectivity index (χ0v) is 23.8. The Kier molecular flexibility index (Phi) is 6.23. The standard InChI is InChI=1S/C33H27ClN2O7/c1-43-26-15-20(37)10-11-22(26)28-21-12-13-23-27(31(40)36(42)29(23)38)24(21)16-25-30(39)35(19-9-5-8-18(34)14-19)32(41)33(25,28)17-6-3-2-4-7-17/h2-12,14-15,23-25,27-28,37,42H,13,16H2,1H3/t23-,24+,25-,27-,28+,33+/m0/s1. The van der Waals surface area contributed by atoms with Gasteiger partial charge < -0.3 is 9.84 Å². The number of hydrogen-bond acceptors (Lipinski definition) is 7. The van der Waals surface area contributed by atoms with Crippen molar-refractivity contribution in [2.45, 2.75) is 24.2 Å². The molecule has 3 fully saturated rings. The Morgan fingerprint density at radius 1 is 0.907 bits per heavy atom. The molecule has 7 rings (SSSR count). The van der Waals surface area contributed by atoms with Crippen LogP contribution in [0.2, 0.25) is 5.02 Å². The molecule has 2 aliphatic heterocycles. The Morgan fingerprint density at radius 3 is 2.40 bits per heavy atom. The van der Waals surface area contributed by atoms with Gasteiger partial charge in [0.1, 0.15) is 11.5 Å². The number of anilines is 1. The highest BCUT2D eigenvalue weighted by Gasteiger charge is 2.70. The molecule has 0 bridgehead atoms. The molecule has 0 radical (unpaired) electrons. The summed E-state index contributed by atoms with van der Waals surface area (Å²) in [5.74, 6) is -6.04. The van der Waals surface area contributed by atoms with Gasteiger partial charge in [0.15, 0.2) is 0 Å². The minimum absolute atomic E-state index is 0.0437. The summed E-state index contributed by atoms with van der Waals surface area (Å²) in [5, 5.41) is 21.2. The van der Waals surface area contributed by atoms with Crippen molar-refractivity contribution in [3.8, 4) is 11.5 Å². The van der Waals surface area contributed by atoms with Crippen LogP contribution in [0.1, 0.15) is 29.9 Å². The van der Waals surface area contributed by atoms with E-state index in [0.29, 0.717) is 27.6 Å². The van der Waals surface area contributed by atoms with Crippen LogP contribution in [0.4, 0.5) is 5.69 Å². The Balaban J connectivity index is 1.54. The van der Waals surface area contributed by atoms with Gasteiger partial charge in [-0.15, -0.1) is 0 Å². The van der Waals surface area contributed by atoms with Crippen molar-refractivity contribution in [3.63, 3.8) is 0 Å². The molecule has 0 spiro atoms. The van der Waals surface area contributed by atoms with Crippen molar-refractivity contribution in [1.82, 2.24) is 5.06 Å². The van der Waals surface area contributed by atoms with E-state index in [1.165, 1.54) is 24.1 Å². The maximum atomic E-state index is 15.1. The molecule has 6 atom stereocenters. The van der Waals surface area contributed by atoms with Crippen LogP contribution in [-0.4, -0.2) is 46.1 Å². The van der Waals surface area contributed by atoms with Crippen LogP contribution in [0.25, 0.3) is 0 Å². The first kappa shape index (κ1) is 27.4. The maximum Gasteiger partial charge on any atom is 0.257 e. The fourth-order valence-corrected chi connectivity index (χ4v) is 8.19. The second kappa shape index (κ2) is 9.79. The first-order valence-corrected chi connectivity index (χ1v) is 14.4. The van der Waals surface area contributed by atoms with Gasteiger partial charge in [-0.1, -0.05) is 65.7 Å². The van der Waals surface area contributed by atoms with Crippen LogP contribution < -0.4 is 9.64 Å². The van der Waals surface area contributed by atoms with E-state index in [2.05, 4.69) is 0 Å². The number of rotatable bonds is 4. The monoisotopic (exact) mass is 598 g/mol. The van der Waals surface area contributed by atoms with E-state index in [0.717, 1.165) is 5.57 Å². The van der Waals surface area contributed by atoms with Gasteiger partial charge in [0.25, 0.3) is 11.8 Å². The second-order valence-electron chi connectivity index (χ2n) is 11.5. The lowest BCUT2D eigenvalue weighted by molar-refractivity contribution is -0.173. The summed E-state index contributed by atoms with van der Waals surface area (Å²) in [6.45, 7) is 0. The highest BCUT2D eigenvalue weighted by atomic mass is 35.5. The third-order valence-corrected chi connectivity index (χ3v) is 9.91. The summed E-state index contributed by atoms with van der Waals surface area (Å²) in [6.07, 6.45) is 2.17. The van der Waals surface area contributed by atoms with Gasteiger partial charge in [0, 0.05) is 22.6 Å². The molecule has 3 aromatic rings. The molecular weight excluding hydrogens is 572 g/mol. The zero-order chi connectivity index (χ0) is 30.2. The molecule has 10 heteroatoms. The number of halogens is 1. The maximum absolute atomic E-state index is 15.1. The van der Waals surface area contributed by atoms with Crippen molar-refractivity contribution < 1.29 is 34.2 Å². The zero-order valence-electron chi connectivity index (χ0n) is 23.0. The topological polar surface area (TPSA) is 124 Å². The Morgan fingerprint density at radius 2 is 1.67 bits per heavy atom. The van der Waals surface area contributed by atoms with Crippen LogP contribution >= 0.6 is 11.6 Å². The van der Waals surface area contributed by atoms with Crippen molar-refractivity contribution in [2.24, 2.45) is 23.7 Å². The molecule has 2 N–H and O–H groups in total. The molecule has 4 amide bonds. The summed E-state index contributed by atoms with van der Waals surface area (Å²) in [4.78, 5) is 57.0. The smallest absolute Gasteiger partial charge is 0.257 e. The molecule has 2 aliphatic carbocycles. The lowest BCUT2D eigenvalue weighted by Crippen LogP contribution is -2.53. The number of nitrogens with zero attached hydrogens (tertiary/aromatic N) is 2. The average Bonchev–Trinajstić information content (AvgIpc) is 3.38. The first-order valence-electron chi connectivity index (χ1n) is 14.0. The predicted molar refractivity (Wildman–Crippen MR) is 154 cm³/mol. The summed E-state index contributed by atoms with van der Waals surface area (Å²) < 4.78 is 5.74. The molecule has 1 saturated carbocycles. The molecule has 3 aromatic carbocycles. The number of carbonyl (C=O) groups excluding carboxylic acids is 4. The number of benzene rings is 3. The van der Waals surface area contributed by atoms with Crippen LogP contribution in [-0.2, 0) is 24.6 Å². The molecule has 2 heterocycles. The molecule has 43 heavy (non-hydrogen) atoms. The Labute approximate surface area is 251 Å². The fourth-order valence-electron chi connectivity index (χ4n) is 8.01. The number of fused-ring (bicyclic) bond motifs is 4. The van der Waals surface area contributed by atoms with Gasteiger partial charge in [-0.05, 0) is 48.6 Å². The number of hydroxylamine groups is 2. The third kappa shape index (κ3) is 3.68. The number of imide groups is 2. The number of allylic oxidation sites excluding steroid dienone is 2. The molecule has 0 unspecified atom stereocenters. The van der Waals surface area contributed by atoms with Gasteiger partial charge in [0.05, 0.1) is 36.0 Å². The Hall–Kier alpha value is -4.47. The Bertz CT molecular complexity index is 1740. The van der Waals surface area contributed by atoms with Crippen LogP contribution in [0.5, 0.6) is 11.5 Å². The van der Waals surface area contributed by atoms with Crippen molar-refractivity contribution in [3.05, 3.63) is 101 Å². The number of hydrogen-bond donors (Lipinski definition) is 2. The van der Waals surface area contributed by atoms with E-state index >= 15 is 4.79 Å². The number of phenolic OH excluding ortho intramolecular Hbond substituents is 1. The highest BCUT2D eigenvalue weighted by Crippen LogP contribution is 2.65. The number of amides is 4. The molecule has 4 aliphatic rings. The van der Waals surface area contributed by atoms with E-state index in [4.69, 9.17) is 16.3 Å². The summed E-state index contributed by atoms with van der Waals surface area (Å²) in [6, 6.07) is 20.3. The van der Waals surface area contributed by atoms with Crippen LogP contribution in [0.3, 0.4) is 0 Å². The van der Waals surface area contributed by atoms with E-state index < -0.39 is 58.6 Å². The summed E-state index contributed by atoms with van der Waals surface area (Å²) in [7, 11) is 1.46. The van der Waals surface area contributed by atoms with Crippen LogP contribution in [0, 0.1) is 23.7 Å². The van der Waals surface area contributed by atoms with Gasteiger partial charge in [-0.3, -0.25) is 24.4 Å². The number of aromatic hydroxyl groups is 1. The molecule has 0 aromatic heterocycles. The average molecular weight is 599 g/mol. The SMILES string of the molecule is COc1cc(O)ccc1[C@H]1C2=CC[C@@H]3C(=O)N(O)C(=O)[C@@H]3[C@@H]2C[C@H]2C(=O)N(c3cccc(Cl)c3)C(=O)[C@@]12c1ccccc1. The predicted octanol–water partition coefficient (Wildman–Crippen LogP) is 4.61. The minimum Gasteiger partial charge on any atom is -0.508 e. The quantitative estimate of drug-likeness (QED) is 0.255. The fraction of sp³-hybridized carbons (Fsp3) is 0.273. The second-order valence-corrected chi connectivity index (χ2v) is 11.9. The normalized spacial score (nSPS) is 29.7.